The minimum Gasteiger partial charge on any atom is -0.487 e. The molecule has 3 nitrogen and oxygen atoms in total. The molecule has 1 unspecified atom stereocenters. The van der Waals surface area contributed by atoms with Gasteiger partial charge in [-0.3, -0.25) is 0 Å². The van der Waals surface area contributed by atoms with E-state index in [0.29, 0.717) is 6.04 Å². The van der Waals surface area contributed by atoms with Gasteiger partial charge in [0.2, 0.25) is 0 Å². The van der Waals surface area contributed by atoms with E-state index in [-0.39, 0.29) is 5.60 Å². The molecule has 1 atom stereocenters. The highest BCUT2D eigenvalue weighted by atomic mass is 16.5. The average molecular weight is 302 g/mol. The molecule has 0 amide bonds. The van der Waals surface area contributed by atoms with Crippen LogP contribution in [0.2, 0.25) is 0 Å². The second-order valence-corrected chi connectivity index (χ2v) is 7.23. The van der Waals surface area contributed by atoms with Gasteiger partial charge in [0.15, 0.2) is 0 Å². The van der Waals surface area contributed by atoms with Gasteiger partial charge in [-0.2, -0.15) is 0 Å². The molecule has 1 heterocycles. The minimum absolute atomic E-state index is 0.0938. The molecule has 3 heteroatoms. The lowest BCUT2D eigenvalue weighted by Gasteiger charge is -2.40. The average Bonchev–Trinajstić information content (AvgIpc) is 2.94. The van der Waals surface area contributed by atoms with Crippen LogP contribution in [0, 0.1) is 0 Å². The second-order valence-electron chi connectivity index (χ2n) is 7.23. The normalized spacial score (nSPS) is 22.8. The lowest BCUT2D eigenvalue weighted by Crippen LogP contribution is -2.43. The Hall–Kier alpha value is -1.06. The molecule has 0 bridgehead atoms. The van der Waals surface area contributed by atoms with Crippen LogP contribution in [0.15, 0.2) is 18.2 Å². The first-order valence-electron chi connectivity index (χ1n) is 8.82. The lowest BCUT2D eigenvalue weighted by molar-refractivity contribution is 0.0365. The Balaban J connectivity index is 1.82. The number of nitrogens with zero attached hydrogens (tertiary/aromatic N) is 1. The van der Waals surface area contributed by atoms with E-state index >= 15 is 0 Å². The molecule has 3 rings (SSSR count). The van der Waals surface area contributed by atoms with Crippen LogP contribution in [0.3, 0.4) is 0 Å². The number of rotatable bonds is 5. The van der Waals surface area contributed by atoms with E-state index in [1.165, 1.54) is 36.8 Å². The first-order chi connectivity index (χ1) is 10.6. The number of hydrogen-bond acceptors (Lipinski definition) is 3. The van der Waals surface area contributed by atoms with E-state index in [1.807, 2.05) is 0 Å². The summed E-state index contributed by atoms with van der Waals surface area (Å²) in [5.74, 6) is 1.12. The van der Waals surface area contributed by atoms with Crippen molar-refractivity contribution in [3.05, 3.63) is 29.3 Å². The first-order valence-corrected chi connectivity index (χ1v) is 8.82. The predicted octanol–water partition coefficient (Wildman–Crippen LogP) is 3.54. The summed E-state index contributed by atoms with van der Waals surface area (Å²) in [6.07, 6.45) is 7.27. The van der Waals surface area contributed by atoms with Crippen LogP contribution in [0.1, 0.15) is 56.2 Å². The Morgan fingerprint density at radius 3 is 2.73 bits per heavy atom. The maximum absolute atomic E-state index is 6.49. The van der Waals surface area contributed by atoms with Crippen LogP contribution in [0.4, 0.5) is 0 Å². The number of aryl methyl sites for hydroxylation is 1. The van der Waals surface area contributed by atoms with Crippen LogP contribution >= 0.6 is 0 Å². The molecule has 1 aromatic rings. The van der Waals surface area contributed by atoms with Crippen molar-refractivity contribution in [2.24, 2.45) is 0 Å². The molecule has 1 saturated carbocycles. The zero-order chi connectivity index (χ0) is 15.6. The third-order valence-electron chi connectivity index (χ3n) is 5.22. The highest BCUT2D eigenvalue weighted by Gasteiger charge is 2.42. The van der Waals surface area contributed by atoms with Gasteiger partial charge >= 0.3 is 0 Å². The van der Waals surface area contributed by atoms with Crippen molar-refractivity contribution in [3.8, 4) is 5.75 Å². The summed E-state index contributed by atoms with van der Waals surface area (Å²) >= 11 is 0. The third kappa shape index (κ3) is 3.31. The van der Waals surface area contributed by atoms with Crippen molar-refractivity contribution in [1.29, 1.82) is 0 Å². The zero-order valence-electron chi connectivity index (χ0n) is 14.3. The van der Waals surface area contributed by atoms with Crippen molar-refractivity contribution in [2.75, 3.05) is 27.2 Å². The van der Waals surface area contributed by atoms with Crippen molar-refractivity contribution in [3.63, 3.8) is 0 Å². The summed E-state index contributed by atoms with van der Waals surface area (Å²) in [7, 11) is 4.26. The summed E-state index contributed by atoms with van der Waals surface area (Å²) in [6, 6.07) is 7.22. The fourth-order valence-electron chi connectivity index (χ4n) is 3.91. The van der Waals surface area contributed by atoms with Gasteiger partial charge in [-0.25, -0.2) is 0 Å². The molecule has 0 saturated heterocycles. The van der Waals surface area contributed by atoms with Gasteiger partial charge in [0.05, 0.1) is 0 Å². The van der Waals surface area contributed by atoms with Crippen LogP contribution in [-0.4, -0.2) is 37.7 Å². The minimum atomic E-state index is 0.0938. The van der Waals surface area contributed by atoms with Crippen LogP contribution < -0.4 is 10.1 Å². The molecule has 0 radical (unpaired) electrons. The Labute approximate surface area is 135 Å². The fourth-order valence-corrected chi connectivity index (χ4v) is 3.91. The molecule has 1 aliphatic carbocycles. The Kier molecular flexibility index (Phi) is 4.74. The van der Waals surface area contributed by atoms with E-state index in [9.17, 15) is 0 Å². The molecule has 1 N–H and O–H groups in total. The van der Waals surface area contributed by atoms with Gasteiger partial charge in [-0.15, -0.1) is 0 Å². The Morgan fingerprint density at radius 2 is 2.05 bits per heavy atom. The van der Waals surface area contributed by atoms with Crippen LogP contribution in [-0.2, 0) is 6.42 Å². The molecule has 1 fully saturated rings. The number of ether oxygens (including phenoxy) is 1. The maximum atomic E-state index is 6.49. The summed E-state index contributed by atoms with van der Waals surface area (Å²) < 4.78 is 6.49. The van der Waals surface area contributed by atoms with Crippen LogP contribution in [0.25, 0.3) is 0 Å². The summed E-state index contributed by atoms with van der Waals surface area (Å²) in [6.45, 7) is 4.33. The monoisotopic (exact) mass is 302 g/mol. The quantitative estimate of drug-likeness (QED) is 0.900. The summed E-state index contributed by atoms with van der Waals surface area (Å²) in [5, 5.41) is 3.79. The predicted molar refractivity (Wildman–Crippen MR) is 91.6 cm³/mol. The number of likely N-dealkylation sites (N-methyl/N-ethyl adjacent to an activating group) is 1. The topological polar surface area (TPSA) is 24.5 Å². The summed E-state index contributed by atoms with van der Waals surface area (Å²) in [5.41, 5.74) is 2.87. The van der Waals surface area contributed by atoms with E-state index in [0.717, 1.165) is 31.7 Å². The number of nitrogens with one attached hydrogen (secondary N) is 1. The highest BCUT2D eigenvalue weighted by Crippen LogP contribution is 2.47. The number of benzene rings is 1. The SMILES string of the molecule is CCc1ccc2c(c1)C(NCCN(C)C)CC1(CCCC1)O2. The lowest BCUT2D eigenvalue weighted by atomic mass is 9.85. The largest absolute Gasteiger partial charge is 0.487 e. The fraction of sp³-hybridized carbons (Fsp3) is 0.684. The molecule has 122 valence electrons. The Bertz CT molecular complexity index is 506. The zero-order valence-corrected chi connectivity index (χ0v) is 14.3. The first kappa shape index (κ1) is 15.8. The van der Waals surface area contributed by atoms with E-state index in [2.05, 4.69) is 49.4 Å². The van der Waals surface area contributed by atoms with E-state index in [1.54, 1.807) is 0 Å². The molecular formula is C19H30N2O. The molecule has 1 aliphatic heterocycles. The molecular weight excluding hydrogens is 272 g/mol. The smallest absolute Gasteiger partial charge is 0.124 e. The molecule has 1 spiro atoms. The van der Waals surface area contributed by atoms with Crippen molar-refractivity contribution < 1.29 is 4.74 Å². The van der Waals surface area contributed by atoms with Gasteiger partial charge in [0.1, 0.15) is 11.4 Å². The third-order valence-corrected chi connectivity index (χ3v) is 5.22. The van der Waals surface area contributed by atoms with Crippen molar-refractivity contribution >= 4 is 0 Å². The molecule has 1 aromatic carbocycles. The van der Waals surface area contributed by atoms with Gasteiger partial charge in [-0.05, 0) is 57.8 Å². The maximum Gasteiger partial charge on any atom is 0.124 e. The number of fused-ring (bicyclic) bond motifs is 1. The van der Waals surface area contributed by atoms with Crippen LogP contribution in [0.5, 0.6) is 5.75 Å². The highest BCUT2D eigenvalue weighted by molar-refractivity contribution is 5.42. The Morgan fingerprint density at radius 1 is 1.27 bits per heavy atom. The van der Waals surface area contributed by atoms with Gasteiger partial charge < -0.3 is 15.0 Å². The van der Waals surface area contributed by atoms with Gasteiger partial charge in [0.25, 0.3) is 0 Å². The summed E-state index contributed by atoms with van der Waals surface area (Å²) in [4.78, 5) is 2.24. The molecule has 2 aliphatic rings. The van der Waals surface area contributed by atoms with Gasteiger partial charge in [-0.1, -0.05) is 19.1 Å². The van der Waals surface area contributed by atoms with E-state index in [4.69, 9.17) is 4.74 Å². The van der Waals surface area contributed by atoms with Crippen molar-refractivity contribution in [2.45, 2.75) is 57.1 Å². The molecule has 0 aromatic heterocycles. The molecule has 22 heavy (non-hydrogen) atoms. The van der Waals surface area contributed by atoms with Crippen molar-refractivity contribution in [1.82, 2.24) is 10.2 Å². The number of hydrogen-bond donors (Lipinski definition) is 1. The second kappa shape index (κ2) is 6.59. The van der Waals surface area contributed by atoms with E-state index < -0.39 is 0 Å². The standard InChI is InChI=1S/C19H30N2O/c1-4-15-7-8-18-16(13-15)17(20-11-12-21(2)3)14-19(22-18)9-5-6-10-19/h7-8,13,17,20H,4-6,9-12,14H2,1-3H3. The van der Waals surface area contributed by atoms with Gasteiger partial charge in [0, 0.05) is 31.1 Å².